The topological polar surface area (TPSA) is 506 Å². The first kappa shape index (κ1) is 85.7. The van der Waals surface area contributed by atoms with Crippen molar-refractivity contribution in [3.63, 3.8) is 0 Å². The second-order valence-electron chi connectivity index (χ2n) is 28.9. The van der Waals surface area contributed by atoms with E-state index in [1.54, 1.807) is 92.3 Å². The fraction of sp³-hybridized carbons (Fsp3) is 0.135. The third-order valence-electron chi connectivity index (χ3n) is 18.8. The molecule has 0 fully saturated rings. The lowest BCUT2D eigenvalue weighted by atomic mass is 9.87. The van der Waals surface area contributed by atoms with Crippen LogP contribution in [0.4, 0.5) is 11.6 Å². The Balaban J connectivity index is 0.000000115. The molecule has 0 bridgehead atoms. The zero-order valence-corrected chi connectivity index (χ0v) is 70.0. The number of anilines is 2. The average molecular weight is 1730 g/mol. The Kier molecular flexibility index (Phi) is 27.5. The summed E-state index contributed by atoms with van der Waals surface area (Å²) in [4.78, 5) is 130. The van der Waals surface area contributed by atoms with Gasteiger partial charge in [0.05, 0.1) is 50.9 Å². The maximum Gasteiger partial charge on any atom is 0.256 e. The Morgan fingerprint density at radius 3 is 1.23 bits per heavy atom. The SMILES string of the molecule is CC(C)(C)c1ccc(Oc2ncnc3nc[nH]c23)cc1.CCC(C)COc1ncnc2nc[nH]c12.Cc1ccc(C(=O)Nc2ncnc3nc[nH]c23)cc1.O=C(Nc1ncnc2nc[nH]c12)c1cccc(Cl)c1.Oc1ccc(COc2ncnc3nc[nH]c23)cc1.c1ccc(Oc2ncnc3nc[nH]c23)cc1.c1ccc2cc(COc3ncnc4nc[nH]c34)ccc2c1. The molecule has 10 N–H and O–H groups in total. The molecular formula is C89H79ClN30O8. The second-order valence-corrected chi connectivity index (χ2v) is 29.3. The van der Waals surface area contributed by atoms with Crippen LogP contribution in [0.2, 0.25) is 5.02 Å². The van der Waals surface area contributed by atoms with Gasteiger partial charge in [-0.3, -0.25) is 9.59 Å². The van der Waals surface area contributed by atoms with E-state index in [0.29, 0.717) is 150 Å². The van der Waals surface area contributed by atoms with E-state index >= 15 is 0 Å². The number of hydrogen-bond acceptors (Lipinski definition) is 29. The summed E-state index contributed by atoms with van der Waals surface area (Å²) in [7, 11) is 0. The van der Waals surface area contributed by atoms with Crippen LogP contribution < -0.4 is 34.3 Å². The summed E-state index contributed by atoms with van der Waals surface area (Å²) in [6.07, 6.45) is 21.9. The summed E-state index contributed by atoms with van der Waals surface area (Å²) in [5.74, 6) is 5.06. The van der Waals surface area contributed by atoms with Crippen LogP contribution in [0.5, 0.6) is 46.6 Å². The molecule has 0 radical (unpaired) electrons. The minimum atomic E-state index is -0.294. The van der Waals surface area contributed by atoms with E-state index in [1.807, 2.05) is 73.7 Å². The van der Waals surface area contributed by atoms with Gasteiger partial charge in [0.15, 0.2) is 51.2 Å². The van der Waals surface area contributed by atoms with E-state index in [4.69, 9.17) is 35.3 Å². The average Bonchev–Trinajstić information content (AvgIpc) is 1.81. The number of aryl methyl sites for hydroxylation is 1. The molecule has 0 saturated carbocycles. The molecule has 1 atom stereocenters. The number of amides is 2. The normalized spacial score (nSPS) is 11.1. The summed E-state index contributed by atoms with van der Waals surface area (Å²) < 4.78 is 28.4. The van der Waals surface area contributed by atoms with E-state index < -0.39 is 0 Å². The van der Waals surface area contributed by atoms with Gasteiger partial charge in [0.1, 0.15) is 113 Å². The van der Waals surface area contributed by atoms with Crippen molar-refractivity contribution in [1.29, 1.82) is 0 Å². The molecule has 39 heteroatoms. The molecule has 0 aliphatic heterocycles. The van der Waals surface area contributed by atoms with Crippen LogP contribution in [0.25, 0.3) is 88.9 Å². The molecule has 1 unspecified atom stereocenters. The molecule has 128 heavy (non-hydrogen) atoms. The molecule has 640 valence electrons. The predicted octanol–water partition coefficient (Wildman–Crippen LogP) is 16.3. The molecule has 14 heterocycles. The largest absolute Gasteiger partial charge is 0.508 e. The van der Waals surface area contributed by atoms with Crippen LogP contribution in [0.15, 0.2) is 258 Å². The number of nitrogens with zero attached hydrogens (tertiary/aromatic N) is 21. The van der Waals surface area contributed by atoms with E-state index in [2.05, 4.69) is 227 Å². The van der Waals surface area contributed by atoms with Gasteiger partial charge in [0, 0.05) is 16.1 Å². The van der Waals surface area contributed by atoms with Crippen molar-refractivity contribution in [2.75, 3.05) is 17.2 Å². The maximum absolute atomic E-state index is 12.1. The number of halogens is 1. The zero-order chi connectivity index (χ0) is 88.6. The first-order valence-corrected chi connectivity index (χ1v) is 40.0. The van der Waals surface area contributed by atoms with Crippen LogP contribution in [-0.2, 0) is 18.6 Å². The number of ether oxygens (including phenoxy) is 5. The number of phenols is 1. The number of carbonyl (C=O) groups excluding carboxylic acids is 2. The third-order valence-corrected chi connectivity index (χ3v) is 19.1. The molecule has 7 aromatic carbocycles. The number of para-hydroxylation sites is 1. The van der Waals surface area contributed by atoms with Gasteiger partial charge in [0.25, 0.3) is 11.8 Å². The van der Waals surface area contributed by atoms with E-state index in [0.717, 1.165) is 45.6 Å². The van der Waals surface area contributed by atoms with Gasteiger partial charge in [-0.2, -0.15) is 24.9 Å². The van der Waals surface area contributed by atoms with Gasteiger partial charge in [-0.25, -0.2) is 79.7 Å². The fourth-order valence-electron chi connectivity index (χ4n) is 11.9. The molecule has 21 rings (SSSR count). The number of carbonyl (C=O) groups is 2. The molecule has 38 nitrogen and oxygen atoms in total. The second kappa shape index (κ2) is 41.0. The number of aromatic amines is 7. The highest BCUT2D eigenvalue weighted by Gasteiger charge is 2.19. The predicted molar refractivity (Wildman–Crippen MR) is 478 cm³/mol. The summed E-state index contributed by atoms with van der Waals surface area (Å²) >= 11 is 5.85. The van der Waals surface area contributed by atoms with Gasteiger partial charge >= 0.3 is 0 Å². The van der Waals surface area contributed by atoms with Crippen LogP contribution in [0.1, 0.15) is 84.0 Å². The number of benzene rings is 7. The Labute approximate surface area is 731 Å². The minimum Gasteiger partial charge on any atom is -0.508 e. The van der Waals surface area contributed by atoms with E-state index in [1.165, 1.54) is 73.3 Å². The minimum absolute atomic E-state index is 0.129. The van der Waals surface area contributed by atoms with Crippen LogP contribution >= 0.6 is 11.6 Å². The molecule has 0 aliphatic rings. The monoisotopic (exact) mass is 1730 g/mol. The third kappa shape index (κ3) is 22.3. The van der Waals surface area contributed by atoms with Crippen LogP contribution in [0.3, 0.4) is 0 Å². The van der Waals surface area contributed by atoms with Gasteiger partial charge in [0.2, 0.25) is 29.4 Å². The highest BCUT2D eigenvalue weighted by molar-refractivity contribution is 6.31. The number of nitrogens with one attached hydrogen (secondary N) is 9. The smallest absolute Gasteiger partial charge is 0.256 e. The summed E-state index contributed by atoms with van der Waals surface area (Å²) in [5.41, 5.74) is 14.4. The highest BCUT2D eigenvalue weighted by Crippen LogP contribution is 2.31. The van der Waals surface area contributed by atoms with E-state index in [9.17, 15) is 14.7 Å². The Morgan fingerprint density at radius 2 is 0.773 bits per heavy atom. The standard InChI is InChI=1S/C16H12N4O.C15H16N4O.C13H11N5O.C12H8ClN5O.C12H10N4O2.C11H8N4O.C10H14N4O/c1-2-4-13-7-11(5-6-12(13)3-1)8-21-16-14-15(18-9-17-14)19-10-20-16;1-15(2,3)10-4-6-11(7-5-10)20-14-12-13(17-8-16-12)18-9-19-14;1-8-2-4-9(5-3-8)13(19)18-12-10-11(15-6-14-10)16-7-17-12;13-8-3-1-2-7(4-8)12(19)18-11-9-10(15-5-14-9)16-6-17-11;17-9-3-1-8(2-4-9)5-18-12-10-11(14-6-13-10)15-7-16-12;1-2-4-8(5-3-1)16-11-9-10(13-6-12-9)14-7-15-11;1-3-7(2)4-15-10-8-9(12-5-11-8)13-6-14-10/h1-7,9-10H,8H2,(H,17,18,19,20);4-9H,1-3H3,(H,16,17,18,19);2-7H,1H3,(H2,14,15,16,17,18,19);1-6H,(H2,14,15,16,17,18,19);1-4,6-7,17H,5H2,(H,13,14,15,16);1-7H,(H,12,13,14,15);5-7H,3-4H2,1-2H3,(H,11,12,13,14). The molecule has 14 aromatic heterocycles. The fourth-order valence-corrected chi connectivity index (χ4v) is 12.1. The highest BCUT2D eigenvalue weighted by atomic mass is 35.5. The molecule has 0 saturated heterocycles. The van der Waals surface area contributed by atoms with Gasteiger partial charge in [-0.15, -0.1) is 0 Å². The molecule has 21 aromatic rings. The Hall–Kier alpha value is -17.3. The van der Waals surface area contributed by atoms with Crippen molar-refractivity contribution < 1.29 is 38.4 Å². The van der Waals surface area contributed by atoms with Crippen molar-refractivity contribution in [2.45, 2.75) is 66.6 Å². The van der Waals surface area contributed by atoms with Crippen molar-refractivity contribution >= 4 is 124 Å². The van der Waals surface area contributed by atoms with E-state index in [-0.39, 0.29) is 23.0 Å². The number of fused-ring (bicyclic) bond motifs is 8. The number of phenolic OH excluding ortho intramolecular Hbond substituents is 1. The lowest BCUT2D eigenvalue weighted by Gasteiger charge is -2.19. The lowest BCUT2D eigenvalue weighted by molar-refractivity contribution is 0.101. The molecule has 2 amide bonds. The number of aromatic nitrogens is 28. The number of hydrogen-bond donors (Lipinski definition) is 10. The van der Waals surface area contributed by atoms with Crippen molar-refractivity contribution in [3.05, 3.63) is 297 Å². The van der Waals surface area contributed by atoms with Gasteiger partial charge in [-0.1, -0.05) is 155 Å². The Bertz CT molecular complexity index is 7230. The van der Waals surface area contributed by atoms with Gasteiger partial charge < -0.3 is 74.3 Å². The first-order valence-electron chi connectivity index (χ1n) is 39.6. The van der Waals surface area contributed by atoms with Crippen LogP contribution in [0, 0.1) is 12.8 Å². The summed E-state index contributed by atoms with van der Waals surface area (Å²) in [5, 5.41) is 17.5. The maximum atomic E-state index is 12.1. The molecule has 0 aliphatic carbocycles. The molecule has 0 spiro atoms. The van der Waals surface area contributed by atoms with Crippen LogP contribution in [-0.4, -0.2) is 163 Å². The Morgan fingerprint density at radius 1 is 0.383 bits per heavy atom. The number of imidazole rings is 7. The number of H-pyrrole nitrogens is 7. The summed E-state index contributed by atoms with van der Waals surface area (Å²) in [6, 6.07) is 52.9. The molecular weight excluding hydrogens is 1650 g/mol. The van der Waals surface area contributed by atoms with Crippen molar-refractivity contribution in [2.24, 2.45) is 5.92 Å². The summed E-state index contributed by atoms with van der Waals surface area (Å²) in [6.45, 7) is 14.3. The quantitative estimate of drug-likeness (QED) is 0.0381. The number of aromatic hydroxyl groups is 1. The lowest BCUT2D eigenvalue weighted by Crippen LogP contribution is -2.13. The van der Waals surface area contributed by atoms with Crippen molar-refractivity contribution in [3.8, 4) is 46.6 Å². The van der Waals surface area contributed by atoms with Gasteiger partial charge in [-0.05, 0) is 119 Å². The first-order chi connectivity index (χ1) is 62.5. The number of rotatable bonds is 18. The zero-order valence-electron chi connectivity index (χ0n) is 69.2. The van der Waals surface area contributed by atoms with Crippen molar-refractivity contribution in [1.82, 2.24) is 140 Å².